The molecule has 6 nitrogen and oxygen atoms in total. The molecule has 2 aromatic carbocycles. The van der Waals surface area contributed by atoms with E-state index >= 15 is 0 Å². The number of benzene rings is 2. The van der Waals surface area contributed by atoms with Crippen molar-refractivity contribution in [1.82, 2.24) is 4.72 Å². The van der Waals surface area contributed by atoms with E-state index in [-0.39, 0.29) is 17.5 Å². The molecular weight excluding hydrogens is 330 g/mol. The molecule has 2 heterocycles. The molecule has 7 heteroatoms. The second-order valence-electron chi connectivity index (χ2n) is 5.72. The molecule has 2 aliphatic rings. The maximum absolute atomic E-state index is 12.5. The summed E-state index contributed by atoms with van der Waals surface area (Å²) in [5, 5.41) is 0. The van der Waals surface area contributed by atoms with Gasteiger partial charge in [-0.05, 0) is 35.9 Å². The van der Waals surface area contributed by atoms with E-state index in [0.717, 1.165) is 17.7 Å². The van der Waals surface area contributed by atoms with E-state index < -0.39 is 10.0 Å². The van der Waals surface area contributed by atoms with Crippen LogP contribution in [0.2, 0.25) is 0 Å². The second-order valence-corrected chi connectivity index (χ2v) is 7.48. The van der Waals surface area contributed by atoms with Crippen LogP contribution in [0.15, 0.2) is 47.4 Å². The van der Waals surface area contributed by atoms with E-state index in [1.54, 1.807) is 24.3 Å². The highest BCUT2D eigenvalue weighted by molar-refractivity contribution is 7.89. The lowest BCUT2D eigenvalue weighted by Gasteiger charge is -2.26. The number of hydrogen-bond acceptors (Lipinski definition) is 5. The van der Waals surface area contributed by atoms with Crippen molar-refractivity contribution in [1.29, 1.82) is 0 Å². The van der Waals surface area contributed by atoms with Gasteiger partial charge in [-0.15, -0.1) is 0 Å². The van der Waals surface area contributed by atoms with Gasteiger partial charge < -0.3 is 14.2 Å². The third kappa shape index (κ3) is 2.92. The Labute approximate surface area is 140 Å². The second kappa shape index (κ2) is 5.99. The van der Waals surface area contributed by atoms with E-state index in [0.29, 0.717) is 24.7 Å². The van der Waals surface area contributed by atoms with Crippen LogP contribution >= 0.6 is 0 Å². The molecule has 0 aromatic heterocycles. The highest BCUT2D eigenvalue weighted by atomic mass is 32.2. The van der Waals surface area contributed by atoms with Crippen LogP contribution in [0.5, 0.6) is 17.2 Å². The maximum atomic E-state index is 12.5. The first kappa shape index (κ1) is 15.3. The van der Waals surface area contributed by atoms with Gasteiger partial charge in [0.05, 0.1) is 18.0 Å². The molecule has 126 valence electrons. The molecule has 1 N–H and O–H groups in total. The van der Waals surface area contributed by atoms with Crippen molar-refractivity contribution in [2.45, 2.75) is 17.4 Å². The van der Waals surface area contributed by atoms with Crippen LogP contribution < -0.4 is 18.9 Å². The van der Waals surface area contributed by atoms with Crippen LogP contribution in [0.4, 0.5) is 0 Å². The van der Waals surface area contributed by atoms with Crippen molar-refractivity contribution in [3.8, 4) is 17.2 Å². The van der Waals surface area contributed by atoms with E-state index in [1.165, 1.54) is 0 Å². The minimum atomic E-state index is -3.60. The highest BCUT2D eigenvalue weighted by Crippen LogP contribution is 2.31. The highest BCUT2D eigenvalue weighted by Gasteiger charge is 2.24. The molecule has 0 saturated carbocycles. The molecule has 24 heavy (non-hydrogen) atoms. The molecule has 0 bridgehead atoms. The molecule has 0 radical (unpaired) electrons. The first-order chi connectivity index (χ1) is 11.6. The van der Waals surface area contributed by atoms with Gasteiger partial charge in [0, 0.05) is 6.42 Å². The predicted octanol–water partition coefficient (Wildman–Crippen LogP) is 1.74. The smallest absolute Gasteiger partial charge is 0.240 e. The average molecular weight is 347 g/mol. The zero-order valence-corrected chi connectivity index (χ0v) is 13.7. The Balaban J connectivity index is 1.44. The summed E-state index contributed by atoms with van der Waals surface area (Å²) in [6.07, 6.45) is 0.363. The van der Waals surface area contributed by atoms with Crippen LogP contribution in [0.3, 0.4) is 0 Å². The topological polar surface area (TPSA) is 73.9 Å². The Morgan fingerprint density at radius 1 is 1.04 bits per heavy atom. The Kier molecular flexibility index (Phi) is 3.82. The zero-order valence-electron chi connectivity index (χ0n) is 12.9. The van der Waals surface area contributed by atoms with Crippen LogP contribution in [0.1, 0.15) is 5.56 Å². The standard InChI is InChI=1S/C17H17NO5S/c19-24(20,14-5-6-15-12(9-14)7-8-21-15)18-10-13-11-22-16-3-1-2-4-17(16)23-13/h1-6,9,13,18H,7-8,10-11H2. The summed E-state index contributed by atoms with van der Waals surface area (Å²) >= 11 is 0. The fourth-order valence-corrected chi connectivity index (χ4v) is 3.90. The van der Waals surface area contributed by atoms with Gasteiger partial charge in [-0.3, -0.25) is 0 Å². The number of ether oxygens (including phenoxy) is 3. The lowest BCUT2D eigenvalue weighted by atomic mass is 10.2. The van der Waals surface area contributed by atoms with Gasteiger partial charge in [-0.1, -0.05) is 12.1 Å². The van der Waals surface area contributed by atoms with Gasteiger partial charge in [0.1, 0.15) is 18.5 Å². The molecule has 2 aliphatic heterocycles. The first-order valence-electron chi connectivity index (χ1n) is 7.76. The summed E-state index contributed by atoms with van der Waals surface area (Å²) in [5.74, 6) is 2.06. The molecule has 0 aliphatic carbocycles. The number of sulfonamides is 1. The monoisotopic (exact) mass is 347 g/mol. The lowest BCUT2D eigenvalue weighted by molar-refractivity contribution is 0.0943. The third-order valence-electron chi connectivity index (χ3n) is 4.04. The third-order valence-corrected chi connectivity index (χ3v) is 5.46. The van der Waals surface area contributed by atoms with Crippen molar-refractivity contribution in [2.75, 3.05) is 19.8 Å². The number of nitrogens with one attached hydrogen (secondary N) is 1. The van der Waals surface area contributed by atoms with Gasteiger partial charge in [0.25, 0.3) is 0 Å². The molecule has 1 atom stereocenters. The van der Waals surface area contributed by atoms with Crippen LogP contribution in [0.25, 0.3) is 0 Å². The number of para-hydroxylation sites is 2. The number of rotatable bonds is 4. The van der Waals surface area contributed by atoms with Crippen molar-refractivity contribution in [3.63, 3.8) is 0 Å². The Bertz CT molecular complexity index is 865. The van der Waals surface area contributed by atoms with E-state index in [1.807, 2.05) is 18.2 Å². The number of hydrogen-bond donors (Lipinski definition) is 1. The van der Waals surface area contributed by atoms with Gasteiger partial charge >= 0.3 is 0 Å². The van der Waals surface area contributed by atoms with Crippen LogP contribution in [0, 0.1) is 0 Å². The van der Waals surface area contributed by atoms with Crippen molar-refractivity contribution in [3.05, 3.63) is 48.0 Å². The quantitative estimate of drug-likeness (QED) is 0.912. The molecule has 4 rings (SSSR count). The van der Waals surface area contributed by atoms with E-state index in [9.17, 15) is 8.42 Å². The zero-order chi connectivity index (χ0) is 16.6. The summed E-state index contributed by atoms with van der Waals surface area (Å²) in [7, 11) is -3.60. The average Bonchev–Trinajstić information content (AvgIpc) is 3.07. The van der Waals surface area contributed by atoms with Crippen LogP contribution in [-0.4, -0.2) is 34.3 Å². The number of fused-ring (bicyclic) bond motifs is 2. The molecule has 0 fully saturated rings. The van der Waals surface area contributed by atoms with Crippen molar-refractivity contribution >= 4 is 10.0 Å². The SMILES string of the molecule is O=S(=O)(NCC1COc2ccccc2O1)c1ccc2c(c1)CCO2. The Morgan fingerprint density at radius 3 is 2.75 bits per heavy atom. The normalized spacial score (nSPS) is 18.8. The minimum Gasteiger partial charge on any atom is -0.493 e. The molecule has 1 unspecified atom stereocenters. The summed E-state index contributed by atoms with van der Waals surface area (Å²) in [4.78, 5) is 0.240. The van der Waals surface area contributed by atoms with Gasteiger partial charge in [0.15, 0.2) is 11.5 Å². The fourth-order valence-electron chi connectivity index (χ4n) is 2.78. The predicted molar refractivity (Wildman–Crippen MR) is 87.2 cm³/mol. The minimum absolute atomic E-state index is 0.143. The fraction of sp³-hybridized carbons (Fsp3) is 0.294. The summed E-state index contributed by atoms with van der Waals surface area (Å²) < 4.78 is 44.3. The molecule has 0 saturated heterocycles. The first-order valence-corrected chi connectivity index (χ1v) is 9.24. The molecule has 0 spiro atoms. The van der Waals surface area contributed by atoms with E-state index in [4.69, 9.17) is 14.2 Å². The lowest BCUT2D eigenvalue weighted by Crippen LogP contribution is -2.40. The van der Waals surface area contributed by atoms with Gasteiger partial charge in [-0.25, -0.2) is 13.1 Å². The summed E-state index contributed by atoms with van der Waals surface area (Å²) in [6, 6.07) is 12.3. The molecule has 2 aromatic rings. The van der Waals surface area contributed by atoms with Crippen molar-refractivity contribution in [2.24, 2.45) is 0 Å². The molecule has 0 amide bonds. The van der Waals surface area contributed by atoms with Crippen molar-refractivity contribution < 1.29 is 22.6 Å². The summed E-state index contributed by atoms with van der Waals surface area (Å²) in [6.45, 7) is 1.04. The van der Waals surface area contributed by atoms with Crippen LogP contribution in [-0.2, 0) is 16.4 Å². The van der Waals surface area contributed by atoms with Gasteiger partial charge in [0.2, 0.25) is 10.0 Å². The largest absolute Gasteiger partial charge is 0.493 e. The van der Waals surface area contributed by atoms with E-state index in [2.05, 4.69) is 4.72 Å². The summed E-state index contributed by atoms with van der Waals surface area (Å²) in [5.41, 5.74) is 0.920. The maximum Gasteiger partial charge on any atom is 0.240 e. The Hall–Kier alpha value is -2.25. The molecular formula is C17H17NO5S. The Morgan fingerprint density at radius 2 is 1.88 bits per heavy atom. The van der Waals surface area contributed by atoms with Gasteiger partial charge in [-0.2, -0.15) is 0 Å².